The fraction of sp³-hybridized carbons (Fsp3) is 0.182. The third-order valence-electron chi connectivity index (χ3n) is 2.13. The first kappa shape index (κ1) is 11.6. The van der Waals surface area contributed by atoms with Gasteiger partial charge in [-0.1, -0.05) is 0 Å². The number of nitrogen functional groups attached to an aromatic ring is 1. The summed E-state index contributed by atoms with van der Waals surface area (Å²) in [6.07, 6.45) is 1.68. The van der Waals surface area contributed by atoms with Crippen LogP contribution in [0, 0.1) is 0 Å². The van der Waals surface area contributed by atoms with E-state index in [0.717, 1.165) is 23.3 Å². The van der Waals surface area contributed by atoms with E-state index in [4.69, 9.17) is 5.73 Å². The van der Waals surface area contributed by atoms with Gasteiger partial charge in [0.2, 0.25) is 0 Å². The summed E-state index contributed by atoms with van der Waals surface area (Å²) in [6, 6.07) is 5.86. The van der Waals surface area contributed by atoms with Gasteiger partial charge < -0.3 is 11.1 Å². The minimum absolute atomic E-state index is 0.699. The maximum Gasteiger partial charge on any atom is 0.0543 e. The van der Waals surface area contributed by atoms with E-state index >= 15 is 0 Å². The van der Waals surface area contributed by atoms with Gasteiger partial charge >= 0.3 is 0 Å². The zero-order valence-corrected chi connectivity index (χ0v) is 11.0. The van der Waals surface area contributed by atoms with Crippen LogP contribution >= 0.6 is 27.3 Å². The lowest BCUT2D eigenvalue weighted by atomic mass is 10.3. The number of nitrogens with zero attached hydrogens (tertiary/aromatic N) is 1. The number of hydrogen-bond donors (Lipinski definition) is 2. The van der Waals surface area contributed by atoms with Crippen molar-refractivity contribution in [2.45, 2.75) is 13.1 Å². The SMILES string of the molecule is Nc1ccc(CNCc2sccc2Br)nc1. The van der Waals surface area contributed by atoms with E-state index in [2.05, 4.69) is 37.7 Å². The number of anilines is 1. The molecule has 0 aliphatic rings. The molecule has 2 aromatic heterocycles. The first-order chi connectivity index (χ1) is 7.75. The van der Waals surface area contributed by atoms with Crippen LogP contribution in [0.25, 0.3) is 0 Å². The predicted octanol–water partition coefficient (Wildman–Crippen LogP) is 2.78. The van der Waals surface area contributed by atoms with Crippen molar-refractivity contribution in [3.8, 4) is 0 Å². The number of pyridine rings is 1. The van der Waals surface area contributed by atoms with E-state index in [9.17, 15) is 0 Å². The molecule has 0 saturated carbocycles. The van der Waals surface area contributed by atoms with Crippen molar-refractivity contribution in [1.82, 2.24) is 10.3 Å². The van der Waals surface area contributed by atoms with E-state index in [1.54, 1.807) is 17.5 Å². The average Bonchev–Trinajstić information content (AvgIpc) is 2.68. The number of nitrogens with one attached hydrogen (secondary N) is 1. The average molecular weight is 298 g/mol. The molecule has 0 saturated heterocycles. The zero-order chi connectivity index (χ0) is 11.4. The summed E-state index contributed by atoms with van der Waals surface area (Å²) in [4.78, 5) is 5.53. The number of nitrogens with two attached hydrogens (primary N) is 1. The van der Waals surface area contributed by atoms with Gasteiger partial charge in [0.25, 0.3) is 0 Å². The normalized spacial score (nSPS) is 10.6. The number of hydrogen-bond acceptors (Lipinski definition) is 4. The van der Waals surface area contributed by atoms with Gasteiger partial charge in [0.1, 0.15) is 0 Å². The maximum atomic E-state index is 5.56. The zero-order valence-electron chi connectivity index (χ0n) is 8.61. The van der Waals surface area contributed by atoms with E-state index in [1.165, 1.54) is 4.88 Å². The highest BCUT2D eigenvalue weighted by Crippen LogP contribution is 2.22. The monoisotopic (exact) mass is 297 g/mol. The van der Waals surface area contributed by atoms with Crippen molar-refractivity contribution in [2.75, 3.05) is 5.73 Å². The summed E-state index contributed by atoms with van der Waals surface area (Å²) in [7, 11) is 0. The highest BCUT2D eigenvalue weighted by atomic mass is 79.9. The van der Waals surface area contributed by atoms with Crippen LogP contribution in [0.3, 0.4) is 0 Å². The fourth-order valence-corrected chi connectivity index (χ4v) is 2.76. The number of rotatable bonds is 4. The summed E-state index contributed by atoms with van der Waals surface area (Å²) in [5, 5.41) is 5.41. The first-order valence-corrected chi connectivity index (χ1v) is 6.56. The van der Waals surface area contributed by atoms with Gasteiger partial charge in [-0.15, -0.1) is 11.3 Å². The molecule has 5 heteroatoms. The van der Waals surface area contributed by atoms with Gasteiger partial charge in [0.05, 0.1) is 17.6 Å². The molecule has 3 N–H and O–H groups in total. The van der Waals surface area contributed by atoms with Crippen LogP contribution < -0.4 is 11.1 Å². The summed E-state index contributed by atoms with van der Waals surface area (Å²) in [5.41, 5.74) is 7.27. The Morgan fingerprint density at radius 2 is 2.19 bits per heavy atom. The van der Waals surface area contributed by atoms with Gasteiger partial charge in [0, 0.05) is 22.4 Å². The largest absolute Gasteiger partial charge is 0.397 e. The first-order valence-electron chi connectivity index (χ1n) is 4.88. The minimum atomic E-state index is 0.699. The summed E-state index contributed by atoms with van der Waals surface area (Å²) >= 11 is 5.24. The number of halogens is 1. The van der Waals surface area contributed by atoms with Crippen LogP contribution in [-0.2, 0) is 13.1 Å². The molecule has 3 nitrogen and oxygen atoms in total. The van der Waals surface area contributed by atoms with Crippen molar-refractivity contribution in [3.05, 3.63) is 44.8 Å². The maximum absolute atomic E-state index is 5.56. The molecule has 2 rings (SSSR count). The molecule has 0 aromatic carbocycles. The summed E-state index contributed by atoms with van der Waals surface area (Å²) in [5.74, 6) is 0. The molecule has 0 spiro atoms. The van der Waals surface area contributed by atoms with Crippen molar-refractivity contribution in [1.29, 1.82) is 0 Å². The van der Waals surface area contributed by atoms with Gasteiger partial charge in [-0.25, -0.2) is 0 Å². The summed E-state index contributed by atoms with van der Waals surface area (Å²) < 4.78 is 1.16. The molecule has 2 heterocycles. The Bertz CT molecular complexity index is 453. The number of aromatic nitrogens is 1. The molecule has 16 heavy (non-hydrogen) atoms. The second-order valence-electron chi connectivity index (χ2n) is 3.38. The molecule has 0 fully saturated rings. The molecule has 0 atom stereocenters. The van der Waals surface area contributed by atoms with Crippen molar-refractivity contribution in [3.63, 3.8) is 0 Å². The van der Waals surface area contributed by atoms with Crippen LogP contribution in [0.1, 0.15) is 10.6 Å². The van der Waals surface area contributed by atoms with Crippen LogP contribution in [0.5, 0.6) is 0 Å². The van der Waals surface area contributed by atoms with Crippen LogP contribution in [0.15, 0.2) is 34.2 Å². The van der Waals surface area contributed by atoms with Gasteiger partial charge in [-0.2, -0.15) is 0 Å². The van der Waals surface area contributed by atoms with E-state index in [0.29, 0.717) is 5.69 Å². The number of thiophene rings is 1. The Morgan fingerprint density at radius 3 is 2.81 bits per heavy atom. The van der Waals surface area contributed by atoms with Crippen LogP contribution in [0.4, 0.5) is 5.69 Å². The Morgan fingerprint density at radius 1 is 1.31 bits per heavy atom. The van der Waals surface area contributed by atoms with E-state index in [-0.39, 0.29) is 0 Å². The molecule has 0 aliphatic carbocycles. The standard InChI is InChI=1S/C11H12BrN3S/c12-10-3-4-16-11(10)7-14-6-9-2-1-8(13)5-15-9/h1-5,14H,6-7,13H2. The van der Waals surface area contributed by atoms with Gasteiger partial charge in [-0.3, -0.25) is 4.98 Å². The third kappa shape index (κ3) is 3.04. The Labute approximate surface area is 107 Å². The third-order valence-corrected chi connectivity index (χ3v) is 4.06. The van der Waals surface area contributed by atoms with Crippen LogP contribution in [0.2, 0.25) is 0 Å². The van der Waals surface area contributed by atoms with Gasteiger partial charge in [-0.05, 0) is 39.5 Å². The Balaban J connectivity index is 1.84. The second kappa shape index (κ2) is 5.43. The van der Waals surface area contributed by atoms with Crippen molar-refractivity contribution < 1.29 is 0 Å². The van der Waals surface area contributed by atoms with Crippen molar-refractivity contribution in [2.24, 2.45) is 0 Å². The smallest absolute Gasteiger partial charge is 0.0543 e. The molecule has 0 radical (unpaired) electrons. The molecule has 2 aromatic rings. The summed E-state index contributed by atoms with van der Waals surface area (Å²) in [6.45, 7) is 1.61. The molecule has 0 aliphatic heterocycles. The van der Waals surface area contributed by atoms with E-state index < -0.39 is 0 Å². The highest BCUT2D eigenvalue weighted by Gasteiger charge is 2.00. The fourth-order valence-electron chi connectivity index (χ4n) is 1.30. The molecule has 0 bridgehead atoms. The van der Waals surface area contributed by atoms with Crippen LogP contribution in [-0.4, -0.2) is 4.98 Å². The lowest BCUT2D eigenvalue weighted by Crippen LogP contribution is -2.13. The van der Waals surface area contributed by atoms with Gasteiger partial charge in [0.15, 0.2) is 0 Å². The molecule has 0 unspecified atom stereocenters. The lowest BCUT2D eigenvalue weighted by molar-refractivity contribution is 0.685. The minimum Gasteiger partial charge on any atom is -0.397 e. The Hall–Kier alpha value is -0.910. The molecule has 84 valence electrons. The second-order valence-corrected chi connectivity index (χ2v) is 5.23. The topological polar surface area (TPSA) is 50.9 Å². The molecule has 0 amide bonds. The molecular weight excluding hydrogens is 286 g/mol. The van der Waals surface area contributed by atoms with E-state index in [1.807, 2.05) is 12.1 Å². The highest BCUT2D eigenvalue weighted by molar-refractivity contribution is 9.10. The van der Waals surface area contributed by atoms with Crippen molar-refractivity contribution >= 4 is 33.0 Å². The molecular formula is C11H12BrN3S. The quantitative estimate of drug-likeness (QED) is 0.912. The predicted molar refractivity (Wildman–Crippen MR) is 71.2 cm³/mol. The Kier molecular flexibility index (Phi) is 3.93. The lowest BCUT2D eigenvalue weighted by Gasteiger charge is -2.03.